The number of carbonyl (C=O) groups is 1. The van der Waals surface area contributed by atoms with Gasteiger partial charge in [-0.15, -0.1) is 0 Å². The lowest BCUT2D eigenvalue weighted by Gasteiger charge is -2.07. The fraction of sp³-hybridized carbons (Fsp3) is 0.235. The Labute approximate surface area is 123 Å². The van der Waals surface area contributed by atoms with Crippen molar-refractivity contribution in [2.75, 3.05) is 26.4 Å². The third-order valence-electron chi connectivity index (χ3n) is 2.90. The summed E-state index contributed by atoms with van der Waals surface area (Å²) >= 11 is 0. The van der Waals surface area contributed by atoms with Gasteiger partial charge in [-0.05, 0) is 23.3 Å². The molecule has 2 aromatic rings. The molecule has 4 nitrogen and oxygen atoms in total. The van der Waals surface area contributed by atoms with E-state index >= 15 is 0 Å². The highest BCUT2D eigenvalue weighted by molar-refractivity contribution is 5.91. The van der Waals surface area contributed by atoms with E-state index in [-0.39, 0.29) is 32.4 Å². The number of rotatable bonds is 7. The van der Waals surface area contributed by atoms with Gasteiger partial charge in [-0.1, -0.05) is 42.5 Å². The Morgan fingerprint density at radius 3 is 2.43 bits per heavy atom. The minimum atomic E-state index is -0.375. The lowest BCUT2D eigenvalue weighted by molar-refractivity contribution is 0.0258. The van der Waals surface area contributed by atoms with E-state index in [2.05, 4.69) is 0 Å². The Hall–Kier alpha value is -2.17. The maximum atomic E-state index is 11.9. The number of hydrogen-bond donors (Lipinski definition) is 1. The van der Waals surface area contributed by atoms with Gasteiger partial charge in [-0.25, -0.2) is 4.79 Å². The number of carbonyl (C=O) groups excluding carboxylic acids is 1. The van der Waals surface area contributed by atoms with Gasteiger partial charge in [0.05, 0.1) is 25.4 Å². The van der Waals surface area contributed by atoms with Crippen molar-refractivity contribution in [2.24, 2.45) is 0 Å². The molecule has 1 N–H and O–H groups in total. The first-order chi connectivity index (χ1) is 10.3. The molecule has 0 saturated heterocycles. The normalized spacial score (nSPS) is 10.3. The van der Waals surface area contributed by atoms with Crippen LogP contribution in [0.4, 0.5) is 0 Å². The highest BCUT2D eigenvalue weighted by Gasteiger charge is 2.08. The number of esters is 1. The maximum Gasteiger partial charge on any atom is 0.338 e. The molecule has 4 heteroatoms. The first kappa shape index (κ1) is 15.2. The summed E-state index contributed by atoms with van der Waals surface area (Å²) in [6.07, 6.45) is 0. The largest absolute Gasteiger partial charge is 0.460 e. The standard InChI is InChI=1S/C17H18O4/c18-9-10-20-11-12-21-17(19)16-8-4-7-15(13-16)14-5-2-1-3-6-14/h1-8,13,18H,9-12H2. The average Bonchev–Trinajstić information content (AvgIpc) is 2.55. The predicted molar refractivity (Wildman–Crippen MR) is 80.1 cm³/mol. The van der Waals surface area contributed by atoms with Gasteiger partial charge >= 0.3 is 5.97 Å². The van der Waals surface area contributed by atoms with Crippen LogP contribution in [0.15, 0.2) is 54.6 Å². The number of hydrogen-bond acceptors (Lipinski definition) is 4. The van der Waals surface area contributed by atoms with E-state index in [0.717, 1.165) is 11.1 Å². The van der Waals surface area contributed by atoms with Crippen molar-refractivity contribution < 1.29 is 19.4 Å². The van der Waals surface area contributed by atoms with E-state index in [1.807, 2.05) is 48.5 Å². The zero-order chi connectivity index (χ0) is 14.9. The summed E-state index contributed by atoms with van der Waals surface area (Å²) < 4.78 is 10.2. The molecule has 0 amide bonds. The lowest BCUT2D eigenvalue weighted by atomic mass is 10.0. The molecule has 2 aromatic carbocycles. The van der Waals surface area contributed by atoms with Crippen LogP contribution in [0.2, 0.25) is 0 Å². The fourth-order valence-electron chi connectivity index (χ4n) is 1.90. The number of benzene rings is 2. The van der Waals surface area contributed by atoms with Crippen molar-refractivity contribution in [3.63, 3.8) is 0 Å². The Morgan fingerprint density at radius 1 is 0.905 bits per heavy atom. The minimum absolute atomic E-state index is 0.0347. The summed E-state index contributed by atoms with van der Waals surface area (Å²) in [4.78, 5) is 11.9. The Bertz CT molecular complexity index is 566. The minimum Gasteiger partial charge on any atom is -0.460 e. The Balaban J connectivity index is 1.96. The molecule has 0 fully saturated rings. The summed E-state index contributed by atoms with van der Waals surface area (Å²) in [7, 11) is 0. The summed E-state index contributed by atoms with van der Waals surface area (Å²) in [5.74, 6) is -0.375. The Kier molecular flexibility index (Phi) is 5.94. The van der Waals surface area contributed by atoms with Crippen LogP contribution < -0.4 is 0 Å². The van der Waals surface area contributed by atoms with E-state index in [1.54, 1.807) is 6.07 Å². The molecule has 0 aliphatic carbocycles. The first-order valence-corrected chi connectivity index (χ1v) is 6.82. The molecule has 0 heterocycles. The zero-order valence-corrected chi connectivity index (χ0v) is 11.7. The van der Waals surface area contributed by atoms with Crippen molar-refractivity contribution in [1.82, 2.24) is 0 Å². The van der Waals surface area contributed by atoms with Gasteiger partial charge in [0.15, 0.2) is 0 Å². The van der Waals surface area contributed by atoms with E-state index in [9.17, 15) is 4.79 Å². The number of ether oxygens (including phenoxy) is 2. The predicted octanol–water partition coefficient (Wildman–Crippen LogP) is 2.52. The fourth-order valence-corrected chi connectivity index (χ4v) is 1.90. The molecule has 2 rings (SSSR count). The van der Waals surface area contributed by atoms with Crippen LogP contribution >= 0.6 is 0 Å². The highest BCUT2D eigenvalue weighted by Crippen LogP contribution is 2.20. The van der Waals surface area contributed by atoms with Crippen LogP contribution in [0, 0.1) is 0 Å². The number of aliphatic hydroxyl groups excluding tert-OH is 1. The monoisotopic (exact) mass is 286 g/mol. The molecule has 0 saturated carbocycles. The zero-order valence-electron chi connectivity index (χ0n) is 11.7. The summed E-state index contributed by atoms with van der Waals surface area (Å²) in [6.45, 7) is 0.674. The highest BCUT2D eigenvalue weighted by atomic mass is 16.6. The molecular weight excluding hydrogens is 268 g/mol. The smallest absolute Gasteiger partial charge is 0.338 e. The van der Waals surface area contributed by atoms with Gasteiger partial charge in [-0.2, -0.15) is 0 Å². The molecule has 0 bridgehead atoms. The van der Waals surface area contributed by atoms with E-state index < -0.39 is 0 Å². The van der Waals surface area contributed by atoms with Crippen molar-refractivity contribution >= 4 is 5.97 Å². The van der Waals surface area contributed by atoms with Crippen LogP contribution in [0.5, 0.6) is 0 Å². The third-order valence-corrected chi connectivity index (χ3v) is 2.90. The van der Waals surface area contributed by atoms with Crippen LogP contribution in [0.25, 0.3) is 11.1 Å². The van der Waals surface area contributed by atoms with Gasteiger partial charge in [0.2, 0.25) is 0 Å². The number of aliphatic hydroxyl groups is 1. The molecule has 110 valence electrons. The van der Waals surface area contributed by atoms with Crippen LogP contribution in [-0.4, -0.2) is 37.5 Å². The molecule has 0 atom stereocenters. The molecule has 0 aromatic heterocycles. The van der Waals surface area contributed by atoms with Gasteiger partial charge in [-0.3, -0.25) is 0 Å². The van der Waals surface area contributed by atoms with E-state index in [1.165, 1.54) is 0 Å². The van der Waals surface area contributed by atoms with Crippen LogP contribution in [0.1, 0.15) is 10.4 Å². The molecule has 0 spiro atoms. The van der Waals surface area contributed by atoms with E-state index in [0.29, 0.717) is 5.56 Å². The second-order valence-corrected chi connectivity index (χ2v) is 4.42. The summed E-state index contributed by atoms with van der Waals surface area (Å²) in [5.41, 5.74) is 2.54. The van der Waals surface area contributed by atoms with Gasteiger partial charge in [0.25, 0.3) is 0 Å². The van der Waals surface area contributed by atoms with Crippen molar-refractivity contribution in [1.29, 1.82) is 0 Å². The van der Waals surface area contributed by atoms with Gasteiger partial charge in [0.1, 0.15) is 6.61 Å². The quantitative estimate of drug-likeness (QED) is 0.627. The van der Waals surface area contributed by atoms with Crippen LogP contribution in [-0.2, 0) is 9.47 Å². The van der Waals surface area contributed by atoms with Crippen molar-refractivity contribution in [3.8, 4) is 11.1 Å². The third kappa shape index (κ3) is 4.70. The molecule has 0 aliphatic heterocycles. The topological polar surface area (TPSA) is 55.8 Å². The summed E-state index contributed by atoms with van der Waals surface area (Å²) in [5, 5.41) is 8.56. The second-order valence-electron chi connectivity index (χ2n) is 4.42. The van der Waals surface area contributed by atoms with Crippen LogP contribution in [0.3, 0.4) is 0 Å². The van der Waals surface area contributed by atoms with Crippen molar-refractivity contribution in [2.45, 2.75) is 0 Å². The van der Waals surface area contributed by atoms with E-state index in [4.69, 9.17) is 14.6 Å². The molecular formula is C17H18O4. The summed E-state index contributed by atoms with van der Waals surface area (Å²) in [6, 6.07) is 17.2. The second kappa shape index (κ2) is 8.19. The first-order valence-electron chi connectivity index (χ1n) is 6.82. The average molecular weight is 286 g/mol. The molecule has 21 heavy (non-hydrogen) atoms. The molecule has 0 unspecified atom stereocenters. The maximum absolute atomic E-state index is 11.9. The SMILES string of the molecule is O=C(OCCOCCO)c1cccc(-c2ccccc2)c1. The van der Waals surface area contributed by atoms with Gasteiger partial charge < -0.3 is 14.6 Å². The van der Waals surface area contributed by atoms with Crippen molar-refractivity contribution in [3.05, 3.63) is 60.2 Å². The molecule has 0 radical (unpaired) electrons. The molecule has 0 aliphatic rings. The lowest BCUT2D eigenvalue weighted by Crippen LogP contribution is -2.12. The Morgan fingerprint density at radius 2 is 1.67 bits per heavy atom. The van der Waals surface area contributed by atoms with Gasteiger partial charge in [0, 0.05) is 0 Å².